The Labute approximate surface area is 105 Å². The van der Waals surface area contributed by atoms with Crippen LogP contribution in [0.4, 0.5) is 0 Å². The smallest absolute Gasteiger partial charge is 0.239 e. The zero-order valence-corrected chi connectivity index (χ0v) is 11.7. The first-order chi connectivity index (χ1) is 7.84. The molecule has 1 heterocycles. The third-order valence-corrected chi connectivity index (χ3v) is 3.98. The van der Waals surface area contributed by atoms with E-state index in [1.165, 1.54) is 0 Å². The van der Waals surface area contributed by atoms with Gasteiger partial charge in [0.05, 0.1) is 12.1 Å². The highest BCUT2D eigenvalue weighted by molar-refractivity contribution is 5.81. The second-order valence-electron chi connectivity index (χ2n) is 5.55. The molecule has 1 rings (SSSR count). The van der Waals surface area contributed by atoms with E-state index in [9.17, 15) is 9.90 Å². The first-order valence-corrected chi connectivity index (χ1v) is 6.53. The van der Waals surface area contributed by atoms with Gasteiger partial charge in [0, 0.05) is 19.6 Å². The number of amides is 1. The summed E-state index contributed by atoms with van der Waals surface area (Å²) in [6.45, 7) is 9.53. The Bertz CT molecular complexity index is 268. The molecule has 0 saturated carbocycles. The molecule has 0 aromatic carbocycles. The van der Waals surface area contributed by atoms with E-state index in [1.54, 1.807) is 4.90 Å². The third-order valence-electron chi connectivity index (χ3n) is 3.98. The first-order valence-electron chi connectivity index (χ1n) is 6.53. The van der Waals surface area contributed by atoms with Crippen LogP contribution < -0.4 is 0 Å². The molecule has 1 N–H and O–H groups in total. The van der Waals surface area contributed by atoms with Gasteiger partial charge in [0.1, 0.15) is 0 Å². The van der Waals surface area contributed by atoms with E-state index < -0.39 is 0 Å². The first kappa shape index (κ1) is 14.5. The van der Waals surface area contributed by atoms with E-state index in [2.05, 4.69) is 11.8 Å². The summed E-state index contributed by atoms with van der Waals surface area (Å²) in [5.41, 5.74) is 0. The maximum atomic E-state index is 12.2. The Morgan fingerprint density at radius 1 is 1.41 bits per heavy atom. The molecule has 0 spiro atoms. The van der Waals surface area contributed by atoms with Gasteiger partial charge in [0.25, 0.3) is 0 Å². The third kappa shape index (κ3) is 3.42. The zero-order chi connectivity index (χ0) is 13.2. The lowest BCUT2D eigenvalue weighted by Gasteiger charge is -2.39. The highest BCUT2D eigenvalue weighted by Crippen LogP contribution is 2.19. The number of rotatable bonds is 3. The molecular formula is C13H26N2O2. The standard InChI is InChI=1S/C13H26N2O2/c1-9(2)14(5)13(17)11(4)15-7-6-10(3)12(16)8-15/h9-12,16H,6-8H2,1-5H3. The van der Waals surface area contributed by atoms with Gasteiger partial charge in [-0.3, -0.25) is 9.69 Å². The summed E-state index contributed by atoms with van der Waals surface area (Å²) >= 11 is 0. The number of aliphatic hydroxyl groups is 1. The number of piperidine rings is 1. The molecule has 0 aliphatic carbocycles. The van der Waals surface area contributed by atoms with Crippen LogP contribution in [0.3, 0.4) is 0 Å². The van der Waals surface area contributed by atoms with E-state index in [0.29, 0.717) is 12.5 Å². The summed E-state index contributed by atoms with van der Waals surface area (Å²) in [7, 11) is 1.84. The molecule has 1 aliphatic heterocycles. The number of aliphatic hydroxyl groups excluding tert-OH is 1. The second-order valence-corrected chi connectivity index (χ2v) is 5.55. The number of likely N-dealkylation sites (tertiary alicyclic amines) is 1. The maximum absolute atomic E-state index is 12.2. The molecule has 4 heteroatoms. The van der Waals surface area contributed by atoms with Crippen molar-refractivity contribution in [2.45, 2.75) is 52.3 Å². The highest BCUT2D eigenvalue weighted by atomic mass is 16.3. The molecule has 3 unspecified atom stereocenters. The van der Waals surface area contributed by atoms with Crippen molar-refractivity contribution in [2.24, 2.45) is 5.92 Å². The fourth-order valence-electron chi connectivity index (χ4n) is 2.13. The summed E-state index contributed by atoms with van der Waals surface area (Å²) < 4.78 is 0. The Morgan fingerprint density at radius 2 is 2.00 bits per heavy atom. The minimum absolute atomic E-state index is 0.135. The Morgan fingerprint density at radius 3 is 2.47 bits per heavy atom. The maximum Gasteiger partial charge on any atom is 0.239 e. The normalized spacial score (nSPS) is 28.2. The number of β-amino-alcohol motifs (C(OH)–C–C–N with tert-alkyl or cyclic N) is 1. The highest BCUT2D eigenvalue weighted by Gasteiger charge is 2.31. The van der Waals surface area contributed by atoms with Gasteiger partial charge in [-0.1, -0.05) is 6.92 Å². The molecule has 0 aromatic heterocycles. The van der Waals surface area contributed by atoms with E-state index in [1.807, 2.05) is 27.8 Å². The zero-order valence-electron chi connectivity index (χ0n) is 11.7. The predicted octanol–water partition coefficient (Wildman–Crippen LogP) is 0.944. The summed E-state index contributed by atoms with van der Waals surface area (Å²) in [6.07, 6.45) is 0.660. The fraction of sp³-hybridized carbons (Fsp3) is 0.923. The van der Waals surface area contributed by atoms with Gasteiger partial charge in [0.15, 0.2) is 0 Å². The van der Waals surface area contributed by atoms with Crippen LogP contribution in [0.5, 0.6) is 0 Å². The van der Waals surface area contributed by atoms with Gasteiger partial charge in [-0.05, 0) is 39.7 Å². The number of nitrogens with zero attached hydrogens (tertiary/aromatic N) is 2. The van der Waals surface area contributed by atoms with Gasteiger partial charge in [-0.25, -0.2) is 0 Å². The van der Waals surface area contributed by atoms with Gasteiger partial charge in [-0.2, -0.15) is 0 Å². The summed E-state index contributed by atoms with van der Waals surface area (Å²) in [5.74, 6) is 0.484. The van der Waals surface area contributed by atoms with Crippen LogP contribution in [-0.2, 0) is 4.79 Å². The molecular weight excluding hydrogens is 216 g/mol. The topological polar surface area (TPSA) is 43.8 Å². The lowest BCUT2D eigenvalue weighted by atomic mass is 9.95. The average molecular weight is 242 g/mol. The number of carbonyl (C=O) groups is 1. The van der Waals surface area contributed by atoms with Gasteiger partial charge in [0.2, 0.25) is 5.91 Å². The van der Waals surface area contributed by atoms with Crippen LogP contribution >= 0.6 is 0 Å². The molecule has 100 valence electrons. The molecule has 1 saturated heterocycles. The molecule has 17 heavy (non-hydrogen) atoms. The Hall–Kier alpha value is -0.610. The molecule has 0 aromatic rings. The predicted molar refractivity (Wildman–Crippen MR) is 68.7 cm³/mol. The van der Waals surface area contributed by atoms with Crippen LogP contribution in [0, 0.1) is 5.92 Å². The monoisotopic (exact) mass is 242 g/mol. The van der Waals surface area contributed by atoms with E-state index in [4.69, 9.17) is 0 Å². The molecule has 0 bridgehead atoms. The van der Waals surface area contributed by atoms with E-state index in [-0.39, 0.29) is 24.1 Å². The number of hydrogen-bond acceptors (Lipinski definition) is 3. The van der Waals surface area contributed by atoms with Gasteiger partial charge < -0.3 is 10.0 Å². The minimum Gasteiger partial charge on any atom is -0.392 e. The van der Waals surface area contributed by atoms with Crippen molar-refractivity contribution in [1.29, 1.82) is 0 Å². The molecule has 4 nitrogen and oxygen atoms in total. The molecule has 1 fully saturated rings. The van der Waals surface area contributed by atoms with Crippen molar-refractivity contribution in [3.8, 4) is 0 Å². The fourth-order valence-corrected chi connectivity index (χ4v) is 2.13. The average Bonchev–Trinajstić information content (AvgIpc) is 2.29. The minimum atomic E-state index is -0.302. The van der Waals surface area contributed by atoms with Crippen LogP contribution in [0.1, 0.15) is 34.1 Å². The number of hydrogen-bond donors (Lipinski definition) is 1. The van der Waals surface area contributed by atoms with Crippen LogP contribution in [0.15, 0.2) is 0 Å². The van der Waals surface area contributed by atoms with Crippen molar-refractivity contribution >= 4 is 5.91 Å². The second kappa shape index (κ2) is 5.83. The Balaban J connectivity index is 2.58. The largest absolute Gasteiger partial charge is 0.392 e. The van der Waals surface area contributed by atoms with Crippen molar-refractivity contribution in [3.05, 3.63) is 0 Å². The van der Waals surface area contributed by atoms with Crippen molar-refractivity contribution < 1.29 is 9.90 Å². The summed E-state index contributed by atoms with van der Waals surface area (Å²) in [4.78, 5) is 16.0. The van der Waals surface area contributed by atoms with Gasteiger partial charge >= 0.3 is 0 Å². The summed E-state index contributed by atoms with van der Waals surface area (Å²) in [5, 5.41) is 9.86. The number of carbonyl (C=O) groups excluding carboxylic acids is 1. The van der Waals surface area contributed by atoms with Gasteiger partial charge in [-0.15, -0.1) is 0 Å². The lowest BCUT2D eigenvalue weighted by Crippen LogP contribution is -2.53. The SMILES string of the molecule is CC1CCN(C(C)C(=O)N(C)C(C)C)CC1O. The van der Waals surface area contributed by atoms with Crippen molar-refractivity contribution in [3.63, 3.8) is 0 Å². The quantitative estimate of drug-likeness (QED) is 0.801. The molecule has 3 atom stereocenters. The van der Waals surface area contributed by atoms with E-state index in [0.717, 1.165) is 13.0 Å². The summed E-state index contributed by atoms with van der Waals surface area (Å²) in [6, 6.07) is 0.0862. The number of likely N-dealkylation sites (N-methyl/N-ethyl adjacent to an activating group) is 1. The van der Waals surface area contributed by atoms with Crippen LogP contribution in [0.2, 0.25) is 0 Å². The molecule has 0 radical (unpaired) electrons. The molecule has 1 aliphatic rings. The van der Waals surface area contributed by atoms with Crippen LogP contribution in [-0.4, -0.2) is 59.1 Å². The van der Waals surface area contributed by atoms with E-state index >= 15 is 0 Å². The Kier molecular flexibility index (Phi) is 4.95. The lowest BCUT2D eigenvalue weighted by molar-refractivity contribution is -0.138. The van der Waals surface area contributed by atoms with Crippen molar-refractivity contribution in [1.82, 2.24) is 9.80 Å². The van der Waals surface area contributed by atoms with Crippen molar-refractivity contribution in [2.75, 3.05) is 20.1 Å². The van der Waals surface area contributed by atoms with Crippen LogP contribution in [0.25, 0.3) is 0 Å². The molecule has 1 amide bonds.